The molecule has 1 aliphatic rings. The Hall–Kier alpha value is -3.85. The molecule has 1 N–H and O–H groups in total. The van der Waals surface area contributed by atoms with Crippen LogP contribution in [-0.4, -0.2) is 56.9 Å². The third kappa shape index (κ3) is 8.38. The van der Waals surface area contributed by atoms with E-state index in [0.717, 1.165) is 47.5 Å². The molecule has 0 saturated heterocycles. The van der Waals surface area contributed by atoms with Crippen LogP contribution < -0.4 is 14.4 Å². The van der Waals surface area contributed by atoms with E-state index in [9.17, 15) is 18.0 Å². The number of nitrogens with zero attached hydrogens (tertiary/aromatic N) is 2. The van der Waals surface area contributed by atoms with Gasteiger partial charge in [0.2, 0.25) is 11.8 Å². The number of carbonyl (C=O) groups is 2. The van der Waals surface area contributed by atoms with E-state index in [4.69, 9.17) is 4.74 Å². The maximum absolute atomic E-state index is 14.2. The van der Waals surface area contributed by atoms with Crippen LogP contribution >= 0.6 is 0 Å². The lowest BCUT2D eigenvalue weighted by molar-refractivity contribution is -0.139. The van der Waals surface area contributed by atoms with E-state index in [-0.39, 0.29) is 29.1 Å². The number of sulfonamides is 1. The second-order valence-electron chi connectivity index (χ2n) is 11.1. The lowest BCUT2D eigenvalue weighted by Crippen LogP contribution is -2.53. The monoisotopic (exact) mass is 605 g/mol. The van der Waals surface area contributed by atoms with Crippen molar-refractivity contribution >= 4 is 27.5 Å². The number of hydrogen-bond acceptors (Lipinski definition) is 5. The van der Waals surface area contributed by atoms with Gasteiger partial charge in [-0.1, -0.05) is 79.4 Å². The van der Waals surface area contributed by atoms with Crippen LogP contribution in [0.2, 0.25) is 0 Å². The predicted octanol–water partition coefficient (Wildman–Crippen LogP) is 5.50. The summed E-state index contributed by atoms with van der Waals surface area (Å²) in [5.74, 6) is -0.340. The molecule has 0 heterocycles. The number of aryl methyl sites for hydroxylation is 1. The summed E-state index contributed by atoms with van der Waals surface area (Å²) < 4.78 is 35.1. The molecule has 230 valence electrons. The first-order chi connectivity index (χ1) is 20.7. The summed E-state index contributed by atoms with van der Waals surface area (Å²) >= 11 is 0. The Kier molecular flexibility index (Phi) is 11.2. The first-order valence-corrected chi connectivity index (χ1v) is 16.6. The Morgan fingerprint density at radius 1 is 0.930 bits per heavy atom. The average molecular weight is 606 g/mol. The number of hydrogen-bond donors (Lipinski definition) is 1. The van der Waals surface area contributed by atoms with Crippen molar-refractivity contribution in [3.8, 4) is 5.75 Å². The molecular weight excluding hydrogens is 562 g/mol. The van der Waals surface area contributed by atoms with Gasteiger partial charge in [0.25, 0.3) is 10.0 Å². The lowest BCUT2D eigenvalue weighted by Gasteiger charge is -2.33. The average Bonchev–Trinajstić information content (AvgIpc) is 3.01. The minimum absolute atomic E-state index is 0.0659. The molecule has 8 nitrogen and oxygen atoms in total. The molecule has 1 aliphatic carbocycles. The molecule has 0 spiro atoms. The maximum Gasteiger partial charge on any atom is 0.264 e. The van der Waals surface area contributed by atoms with Gasteiger partial charge in [0.05, 0.1) is 17.2 Å². The van der Waals surface area contributed by atoms with Gasteiger partial charge >= 0.3 is 0 Å². The topological polar surface area (TPSA) is 96.0 Å². The molecule has 1 saturated carbocycles. The first-order valence-electron chi connectivity index (χ1n) is 15.2. The third-order valence-electron chi connectivity index (χ3n) is 7.92. The summed E-state index contributed by atoms with van der Waals surface area (Å²) in [4.78, 5) is 29.2. The van der Waals surface area contributed by atoms with Gasteiger partial charge in [-0.3, -0.25) is 13.9 Å². The molecule has 43 heavy (non-hydrogen) atoms. The summed E-state index contributed by atoms with van der Waals surface area (Å²) in [6.07, 6.45) is 5.68. The zero-order chi connectivity index (χ0) is 30.8. The van der Waals surface area contributed by atoms with Crippen LogP contribution in [0.25, 0.3) is 0 Å². The number of benzene rings is 3. The summed E-state index contributed by atoms with van der Waals surface area (Å²) in [6.45, 7) is 5.51. The van der Waals surface area contributed by atoms with Crippen LogP contribution in [-0.2, 0) is 26.0 Å². The number of rotatable bonds is 13. The zero-order valence-electron chi connectivity index (χ0n) is 25.4. The molecule has 0 aromatic heterocycles. The van der Waals surface area contributed by atoms with E-state index in [1.54, 1.807) is 55.5 Å². The van der Waals surface area contributed by atoms with Crippen molar-refractivity contribution in [2.24, 2.45) is 0 Å². The summed E-state index contributed by atoms with van der Waals surface area (Å²) in [7, 11) is -4.17. The van der Waals surface area contributed by atoms with Crippen molar-refractivity contribution in [3.05, 3.63) is 90.0 Å². The Morgan fingerprint density at radius 2 is 1.58 bits per heavy atom. The molecule has 1 atom stereocenters. The third-order valence-corrected chi connectivity index (χ3v) is 9.70. The van der Waals surface area contributed by atoms with Gasteiger partial charge in [-0.05, 0) is 69.9 Å². The Bertz CT molecular complexity index is 1450. The molecule has 3 aromatic rings. The Labute approximate surface area is 256 Å². The Morgan fingerprint density at radius 3 is 2.26 bits per heavy atom. The van der Waals surface area contributed by atoms with Gasteiger partial charge < -0.3 is 15.0 Å². The van der Waals surface area contributed by atoms with E-state index in [0.29, 0.717) is 18.8 Å². The van der Waals surface area contributed by atoms with E-state index < -0.39 is 28.5 Å². The molecule has 4 rings (SSSR count). The normalized spacial score (nSPS) is 14.5. The van der Waals surface area contributed by atoms with Crippen molar-refractivity contribution in [1.29, 1.82) is 0 Å². The molecule has 1 fully saturated rings. The number of nitrogens with one attached hydrogen (secondary N) is 1. The van der Waals surface area contributed by atoms with Gasteiger partial charge in [0, 0.05) is 12.6 Å². The molecule has 3 aromatic carbocycles. The quantitative estimate of drug-likeness (QED) is 0.278. The minimum Gasteiger partial charge on any atom is -0.492 e. The second-order valence-corrected chi connectivity index (χ2v) is 12.9. The highest BCUT2D eigenvalue weighted by atomic mass is 32.2. The highest BCUT2D eigenvalue weighted by molar-refractivity contribution is 7.92. The van der Waals surface area contributed by atoms with Crippen molar-refractivity contribution in [3.63, 3.8) is 0 Å². The smallest absolute Gasteiger partial charge is 0.264 e. The largest absolute Gasteiger partial charge is 0.492 e. The van der Waals surface area contributed by atoms with Crippen LogP contribution in [0.15, 0.2) is 83.8 Å². The van der Waals surface area contributed by atoms with Crippen LogP contribution in [0.5, 0.6) is 5.75 Å². The van der Waals surface area contributed by atoms with E-state index in [1.807, 2.05) is 44.2 Å². The van der Waals surface area contributed by atoms with E-state index in [1.165, 1.54) is 4.90 Å². The highest BCUT2D eigenvalue weighted by Crippen LogP contribution is 2.33. The molecule has 1 unspecified atom stereocenters. The van der Waals surface area contributed by atoms with Gasteiger partial charge in [-0.15, -0.1) is 0 Å². The van der Waals surface area contributed by atoms with Gasteiger partial charge in [0.15, 0.2) is 0 Å². The summed E-state index contributed by atoms with van der Waals surface area (Å²) in [5.41, 5.74) is 2.20. The van der Waals surface area contributed by atoms with Crippen molar-refractivity contribution in [1.82, 2.24) is 10.2 Å². The molecule has 0 radical (unpaired) electrons. The fraction of sp³-hybridized carbons (Fsp3) is 0.412. The molecule has 0 bridgehead atoms. The SMILES string of the molecule is CCOc1ccccc1N(CC(=O)N(CCc1ccccc1)C(C)C(=O)NC1CCCCC1)S(=O)(=O)c1ccc(C)cc1. The van der Waals surface area contributed by atoms with Gasteiger partial charge in [-0.2, -0.15) is 0 Å². The van der Waals surface area contributed by atoms with E-state index in [2.05, 4.69) is 5.32 Å². The lowest BCUT2D eigenvalue weighted by atomic mass is 9.95. The standard InChI is InChI=1S/C34H43N3O5S/c1-4-42-32-18-12-11-17-31(32)37(43(40,41)30-21-19-26(2)20-22-30)25-33(38)36(24-23-28-13-7-5-8-14-28)27(3)34(39)35-29-15-9-6-10-16-29/h5,7-8,11-14,17-22,27,29H,4,6,9-10,15-16,23-25H2,1-3H3,(H,35,39). The van der Waals surface area contributed by atoms with Crippen LogP contribution in [0.1, 0.15) is 57.1 Å². The molecule has 2 amide bonds. The predicted molar refractivity (Wildman–Crippen MR) is 170 cm³/mol. The van der Waals surface area contributed by atoms with Crippen molar-refractivity contribution in [2.75, 3.05) is 24.0 Å². The van der Waals surface area contributed by atoms with Crippen molar-refractivity contribution in [2.45, 2.75) is 76.3 Å². The highest BCUT2D eigenvalue weighted by Gasteiger charge is 2.34. The number of ether oxygens (including phenoxy) is 1. The fourth-order valence-corrected chi connectivity index (χ4v) is 6.86. The Balaban J connectivity index is 1.67. The number of carbonyl (C=O) groups excluding carboxylic acids is 2. The van der Waals surface area contributed by atoms with Gasteiger partial charge in [-0.25, -0.2) is 8.42 Å². The summed E-state index contributed by atoms with van der Waals surface area (Å²) in [6, 6.07) is 22.4. The molecule has 0 aliphatic heterocycles. The zero-order valence-corrected chi connectivity index (χ0v) is 26.2. The number of para-hydroxylation sites is 2. The van der Waals surface area contributed by atoms with Crippen molar-refractivity contribution < 1.29 is 22.7 Å². The first kappa shape index (κ1) is 32.1. The summed E-state index contributed by atoms with van der Waals surface area (Å²) in [5, 5.41) is 3.14. The van der Waals surface area contributed by atoms with E-state index >= 15 is 0 Å². The fourth-order valence-electron chi connectivity index (χ4n) is 5.43. The number of amides is 2. The van der Waals surface area contributed by atoms with Crippen LogP contribution in [0, 0.1) is 6.92 Å². The number of anilines is 1. The minimum atomic E-state index is -4.17. The molecular formula is C34H43N3O5S. The van der Waals surface area contributed by atoms with Crippen LogP contribution in [0.3, 0.4) is 0 Å². The molecule has 9 heteroatoms. The van der Waals surface area contributed by atoms with Gasteiger partial charge in [0.1, 0.15) is 18.3 Å². The van der Waals surface area contributed by atoms with Crippen LogP contribution in [0.4, 0.5) is 5.69 Å². The maximum atomic E-state index is 14.2. The second kappa shape index (κ2) is 15.0.